The fourth-order valence-corrected chi connectivity index (χ4v) is 4.14. The van der Waals surface area contributed by atoms with Gasteiger partial charge < -0.3 is 14.4 Å². The fraction of sp³-hybridized carbons (Fsp3) is 0.458. The third kappa shape index (κ3) is 4.01. The topological polar surface area (TPSA) is 38.8 Å². The Kier molecular flexibility index (Phi) is 5.56. The van der Waals surface area contributed by atoms with Crippen LogP contribution in [0.15, 0.2) is 36.4 Å². The van der Waals surface area contributed by atoms with Crippen molar-refractivity contribution in [3.05, 3.63) is 58.7 Å². The summed E-state index contributed by atoms with van der Waals surface area (Å²) in [6.45, 7) is 6.51. The second kappa shape index (κ2) is 8.26. The van der Waals surface area contributed by atoms with E-state index in [9.17, 15) is 4.79 Å². The monoisotopic (exact) mass is 379 g/mol. The lowest BCUT2D eigenvalue weighted by atomic mass is 9.99. The molecule has 2 aromatic carbocycles. The van der Waals surface area contributed by atoms with Crippen molar-refractivity contribution in [2.24, 2.45) is 0 Å². The Morgan fingerprint density at radius 3 is 2.64 bits per heavy atom. The van der Waals surface area contributed by atoms with Gasteiger partial charge in [-0.3, -0.25) is 4.79 Å². The van der Waals surface area contributed by atoms with Crippen molar-refractivity contribution in [1.29, 1.82) is 0 Å². The normalized spacial score (nSPS) is 18.8. The lowest BCUT2D eigenvalue weighted by Crippen LogP contribution is -2.30. The van der Waals surface area contributed by atoms with E-state index in [0.717, 1.165) is 49.3 Å². The molecule has 1 fully saturated rings. The van der Waals surface area contributed by atoms with Gasteiger partial charge in [-0.1, -0.05) is 24.3 Å². The second-order valence-electron chi connectivity index (χ2n) is 7.92. The lowest BCUT2D eigenvalue weighted by molar-refractivity contribution is -0.132. The summed E-state index contributed by atoms with van der Waals surface area (Å²) in [5.74, 6) is 1.85. The van der Waals surface area contributed by atoms with Crippen LogP contribution in [0.1, 0.15) is 54.0 Å². The van der Waals surface area contributed by atoms with Gasteiger partial charge in [0, 0.05) is 19.4 Å². The van der Waals surface area contributed by atoms with Crippen molar-refractivity contribution in [3.63, 3.8) is 0 Å². The highest BCUT2D eigenvalue weighted by Gasteiger charge is 2.29. The standard InChI is InChI=1S/C24H29NO3/c1-17-6-9-20(15-18(17)2)21-5-3-12-25(21)24(26)11-8-19-7-10-22-23(16-19)28-14-4-13-27-22/h6-7,9-10,15-16,21H,3-5,8,11-14H2,1-2H3. The molecule has 0 aromatic heterocycles. The Morgan fingerprint density at radius 1 is 1.00 bits per heavy atom. The zero-order valence-corrected chi connectivity index (χ0v) is 16.9. The van der Waals surface area contributed by atoms with Gasteiger partial charge in [-0.25, -0.2) is 0 Å². The minimum atomic E-state index is 0.218. The Hall–Kier alpha value is -2.49. The molecule has 0 bridgehead atoms. The number of ether oxygens (including phenoxy) is 2. The van der Waals surface area contributed by atoms with E-state index in [0.29, 0.717) is 19.6 Å². The molecular weight excluding hydrogens is 350 g/mol. The number of amides is 1. The number of rotatable bonds is 4. The number of hydrogen-bond donors (Lipinski definition) is 0. The van der Waals surface area contributed by atoms with E-state index in [2.05, 4.69) is 36.9 Å². The quantitative estimate of drug-likeness (QED) is 0.769. The van der Waals surface area contributed by atoms with Crippen molar-refractivity contribution >= 4 is 5.91 Å². The zero-order chi connectivity index (χ0) is 19.5. The molecule has 4 heteroatoms. The van der Waals surface area contributed by atoms with Crippen molar-refractivity contribution in [2.75, 3.05) is 19.8 Å². The molecule has 0 radical (unpaired) electrons. The van der Waals surface area contributed by atoms with Crippen molar-refractivity contribution in [2.45, 2.75) is 52.0 Å². The molecular formula is C24H29NO3. The summed E-state index contributed by atoms with van der Waals surface area (Å²) in [6, 6.07) is 12.9. The first kappa shape index (κ1) is 18.9. The van der Waals surface area contributed by atoms with Crippen molar-refractivity contribution in [3.8, 4) is 11.5 Å². The summed E-state index contributed by atoms with van der Waals surface area (Å²) >= 11 is 0. The number of fused-ring (bicyclic) bond motifs is 1. The van der Waals surface area contributed by atoms with Crippen LogP contribution in [0, 0.1) is 13.8 Å². The maximum Gasteiger partial charge on any atom is 0.223 e. The number of carbonyl (C=O) groups excluding carboxylic acids is 1. The fourth-order valence-electron chi connectivity index (χ4n) is 4.14. The number of likely N-dealkylation sites (tertiary alicyclic amines) is 1. The minimum Gasteiger partial charge on any atom is -0.490 e. The Bertz CT molecular complexity index is 861. The van der Waals surface area contributed by atoms with Crippen LogP contribution >= 0.6 is 0 Å². The number of benzene rings is 2. The highest BCUT2D eigenvalue weighted by molar-refractivity contribution is 5.77. The molecule has 4 rings (SSSR count). The third-order valence-electron chi connectivity index (χ3n) is 5.93. The largest absolute Gasteiger partial charge is 0.490 e. The summed E-state index contributed by atoms with van der Waals surface area (Å²) in [7, 11) is 0. The molecule has 0 spiro atoms. The molecule has 148 valence electrons. The van der Waals surface area contributed by atoms with Crippen LogP contribution in [0.3, 0.4) is 0 Å². The third-order valence-corrected chi connectivity index (χ3v) is 5.93. The molecule has 1 atom stereocenters. The van der Waals surface area contributed by atoms with E-state index in [4.69, 9.17) is 9.47 Å². The number of aryl methyl sites for hydroxylation is 3. The van der Waals surface area contributed by atoms with E-state index in [1.165, 1.54) is 16.7 Å². The molecule has 4 nitrogen and oxygen atoms in total. The molecule has 2 heterocycles. The average Bonchev–Trinajstić information content (AvgIpc) is 3.07. The van der Waals surface area contributed by atoms with Crippen LogP contribution in [0.25, 0.3) is 0 Å². The van der Waals surface area contributed by atoms with Crippen LogP contribution in [0.2, 0.25) is 0 Å². The maximum absolute atomic E-state index is 13.0. The Morgan fingerprint density at radius 2 is 1.82 bits per heavy atom. The predicted octanol–water partition coefficient (Wildman–Crippen LogP) is 4.76. The van der Waals surface area contributed by atoms with E-state index in [-0.39, 0.29) is 11.9 Å². The maximum atomic E-state index is 13.0. The van der Waals surface area contributed by atoms with Gasteiger partial charge in [0.1, 0.15) is 0 Å². The van der Waals surface area contributed by atoms with E-state index >= 15 is 0 Å². The van der Waals surface area contributed by atoms with E-state index in [1.807, 2.05) is 18.2 Å². The van der Waals surface area contributed by atoms with E-state index in [1.54, 1.807) is 0 Å². The first-order valence-corrected chi connectivity index (χ1v) is 10.4. The number of nitrogens with zero attached hydrogens (tertiary/aromatic N) is 1. The molecule has 0 aliphatic carbocycles. The molecule has 1 unspecified atom stereocenters. The second-order valence-corrected chi connectivity index (χ2v) is 7.92. The lowest BCUT2D eigenvalue weighted by Gasteiger charge is -2.26. The van der Waals surface area contributed by atoms with Gasteiger partial charge in [-0.2, -0.15) is 0 Å². The number of carbonyl (C=O) groups is 1. The summed E-state index contributed by atoms with van der Waals surface area (Å²) in [5, 5.41) is 0. The van der Waals surface area contributed by atoms with Gasteiger partial charge in [0.05, 0.1) is 19.3 Å². The van der Waals surface area contributed by atoms with Crippen molar-refractivity contribution < 1.29 is 14.3 Å². The highest BCUT2D eigenvalue weighted by atomic mass is 16.5. The Labute approximate surface area is 167 Å². The molecule has 2 aliphatic rings. The van der Waals surface area contributed by atoms with Crippen molar-refractivity contribution in [1.82, 2.24) is 4.90 Å². The molecule has 0 N–H and O–H groups in total. The van der Waals surface area contributed by atoms with Gasteiger partial charge in [-0.05, 0) is 67.5 Å². The summed E-state index contributed by atoms with van der Waals surface area (Å²) < 4.78 is 11.5. The first-order chi connectivity index (χ1) is 13.6. The summed E-state index contributed by atoms with van der Waals surface area (Å²) in [6.07, 6.45) is 4.29. The van der Waals surface area contributed by atoms with Crippen LogP contribution in [0.5, 0.6) is 11.5 Å². The van der Waals surface area contributed by atoms with Gasteiger partial charge >= 0.3 is 0 Å². The van der Waals surface area contributed by atoms with Crippen LogP contribution in [-0.4, -0.2) is 30.6 Å². The average molecular weight is 380 g/mol. The van der Waals surface area contributed by atoms with E-state index < -0.39 is 0 Å². The summed E-state index contributed by atoms with van der Waals surface area (Å²) in [4.78, 5) is 15.0. The van der Waals surface area contributed by atoms with Gasteiger partial charge in [0.25, 0.3) is 0 Å². The first-order valence-electron chi connectivity index (χ1n) is 10.4. The minimum absolute atomic E-state index is 0.218. The SMILES string of the molecule is Cc1ccc(C2CCCN2C(=O)CCc2ccc3c(c2)OCCCO3)cc1C. The summed E-state index contributed by atoms with van der Waals surface area (Å²) in [5.41, 5.74) is 4.99. The molecule has 28 heavy (non-hydrogen) atoms. The zero-order valence-electron chi connectivity index (χ0n) is 16.9. The predicted molar refractivity (Wildman–Crippen MR) is 110 cm³/mol. The molecule has 1 saturated heterocycles. The Balaban J connectivity index is 1.41. The van der Waals surface area contributed by atoms with Gasteiger partial charge in [0.2, 0.25) is 5.91 Å². The molecule has 2 aliphatic heterocycles. The molecule has 0 saturated carbocycles. The molecule has 2 aromatic rings. The van der Waals surface area contributed by atoms with Crippen LogP contribution in [-0.2, 0) is 11.2 Å². The smallest absolute Gasteiger partial charge is 0.223 e. The highest BCUT2D eigenvalue weighted by Crippen LogP contribution is 2.34. The van der Waals surface area contributed by atoms with Gasteiger partial charge in [0.15, 0.2) is 11.5 Å². The number of hydrogen-bond acceptors (Lipinski definition) is 3. The molecule has 1 amide bonds. The van der Waals surface area contributed by atoms with Crippen LogP contribution < -0.4 is 9.47 Å². The van der Waals surface area contributed by atoms with Gasteiger partial charge in [-0.15, -0.1) is 0 Å². The van der Waals surface area contributed by atoms with Crippen LogP contribution in [0.4, 0.5) is 0 Å².